The van der Waals surface area contributed by atoms with Gasteiger partial charge in [-0.2, -0.15) is 0 Å². The average Bonchev–Trinajstić information content (AvgIpc) is 2.24. The van der Waals surface area contributed by atoms with Crippen molar-refractivity contribution in [1.82, 2.24) is 0 Å². The number of aliphatic hydroxyl groups excluding tert-OH is 1. The fraction of sp³-hybridized carbons (Fsp3) is 0.600. The Balaban J connectivity index is 3.10. The van der Waals surface area contributed by atoms with E-state index >= 15 is 0 Å². The normalized spacial score (nSPS) is 27.9. The molecule has 94 valence electrons. The molecule has 1 aliphatic carbocycles. The summed E-state index contributed by atoms with van der Waals surface area (Å²) in [5.41, 5.74) is 0.841. The van der Waals surface area contributed by atoms with E-state index in [0.29, 0.717) is 0 Å². The molecule has 0 aromatic heterocycles. The third-order valence-corrected chi connectivity index (χ3v) is 3.56. The third kappa shape index (κ3) is 3.21. The van der Waals surface area contributed by atoms with Crippen LogP contribution >= 0.6 is 0 Å². The second kappa shape index (κ2) is 4.68. The molecular formula is C15H22O2. The van der Waals surface area contributed by atoms with E-state index in [2.05, 4.69) is 19.8 Å². The Bertz CT molecular complexity index is 392. The number of rotatable bonds is 2. The molecule has 0 radical (unpaired) electrons. The van der Waals surface area contributed by atoms with E-state index in [1.165, 1.54) is 0 Å². The first kappa shape index (κ1) is 14.0. The van der Waals surface area contributed by atoms with Crippen LogP contribution in [0.2, 0.25) is 0 Å². The van der Waals surface area contributed by atoms with Gasteiger partial charge in [0, 0.05) is 0 Å². The van der Waals surface area contributed by atoms with Gasteiger partial charge in [0.25, 0.3) is 0 Å². The second-order valence-electron chi connectivity index (χ2n) is 5.66. The van der Waals surface area contributed by atoms with E-state index in [9.17, 15) is 10.2 Å². The molecule has 1 aliphatic rings. The largest absolute Gasteiger partial charge is 0.389 e. The summed E-state index contributed by atoms with van der Waals surface area (Å²) in [6, 6.07) is 0. The molecule has 0 fully saturated rings. The molecular weight excluding hydrogens is 212 g/mol. The van der Waals surface area contributed by atoms with Crippen LogP contribution in [-0.2, 0) is 0 Å². The molecule has 2 unspecified atom stereocenters. The number of aliphatic hydroxyl groups is 2. The van der Waals surface area contributed by atoms with Gasteiger partial charge in [-0.1, -0.05) is 25.8 Å². The first-order valence-corrected chi connectivity index (χ1v) is 5.98. The predicted molar refractivity (Wildman–Crippen MR) is 70.3 cm³/mol. The summed E-state index contributed by atoms with van der Waals surface area (Å²) < 4.78 is 0. The van der Waals surface area contributed by atoms with Gasteiger partial charge < -0.3 is 10.2 Å². The van der Waals surface area contributed by atoms with Crippen LogP contribution in [0.15, 0.2) is 23.3 Å². The van der Waals surface area contributed by atoms with Crippen molar-refractivity contribution in [2.75, 3.05) is 0 Å². The van der Waals surface area contributed by atoms with Crippen LogP contribution in [0.3, 0.4) is 0 Å². The Morgan fingerprint density at radius 1 is 1.53 bits per heavy atom. The van der Waals surface area contributed by atoms with E-state index in [1.807, 2.05) is 13.0 Å². The summed E-state index contributed by atoms with van der Waals surface area (Å²) in [5.74, 6) is 2.32. The van der Waals surface area contributed by atoms with Gasteiger partial charge in [-0.05, 0) is 49.3 Å². The number of allylic oxidation sites excluding steroid dienone is 2. The zero-order chi connectivity index (χ0) is 13.3. The Hall–Kier alpha value is -1.04. The molecule has 17 heavy (non-hydrogen) atoms. The first-order chi connectivity index (χ1) is 7.69. The predicted octanol–water partition coefficient (Wildman–Crippen LogP) is 2.42. The van der Waals surface area contributed by atoms with E-state index in [1.54, 1.807) is 13.0 Å². The van der Waals surface area contributed by atoms with E-state index in [-0.39, 0.29) is 11.5 Å². The zero-order valence-electron chi connectivity index (χ0n) is 11.1. The smallest absolute Gasteiger partial charge is 0.141 e. The fourth-order valence-electron chi connectivity index (χ4n) is 2.21. The average molecular weight is 234 g/mol. The number of terminal acetylenes is 1. The van der Waals surface area contributed by atoms with Crippen molar-refractivity contribution in [3.05, 3.63) is 23.3 Å². The van der Waals surface area contributed by atoms with Crippen LogP contribution in [0, 0.1) is 17.8 Å². The Labute approximate surface area is 104 Å². The minimum Gasteiger partial charge on any atom is -0.389 e. The molecule has 0 spiro atoms. The van der Waals surface area contributed by atoms with Crippen LogP contribution in [0.5, 0.6) is 0 Å². The van der Waals surface area contributed by atoms with E-state index in [0.717, 1.165) is 24.0 Å². The van der Waals surface area contributed by atoms with Crippen molar-refractivity contribution in [3.63, 3.8) is 0 Å². The SMILES string of the molecule is C#CC(C)(O)/C=C\C1=C(C)C(O)CCC1(C)C. The summed E-state index contributed by atoms with van der Waals surface area (Å²) in [7, 11) is 0. The van der Waals surface area contributed by atoms with Crippen molar-refractivity contribution in [1.29, 1.82) is 0 Å². The molecule has 1 rings (SSSR count). The van der Waals surface area contributed by atoms with Gasteiger partial charge in [0.15, 0.2) is 0 Å². The lowest BCUT2D eigenvalue weighted by molar-refractivity contribution is 0.161. The standard InChI is InChI=1S/C15H22O2/c1-6-15(5,17)10-7-12-11(2)13(16)8-9-14(12,3)4/h1,7,10,13,16-17H,8-9H2,2-5H3/b10-7-. The maximum Gasteiger partial charge on any atom is 0.141 e. The molecule has 0 aliphatic heterocycles. The van der Waals surface area contributed by atoms with Crippen LogP contribution < -0.4 is 0 Å². The highest BCUT2D eigenvalue weighted by atomic mass is 16.3. The Kier molecular flexibility index (Phi) is 3.86. The monoisotopic (exact) mass is 234 g/mol. The van der Waals surface area contributed by atoms with E-state index in [4.69, 9.17) is 6.42 Å². The maximum absolute atomic E-state index is 9.87. The van der Waals surface area contributed by atoms with Crippen LogP contribution in [0.25, 0.3) is 0 Å². The molecule has 0 aromatic carbocycles. The van der Waals surface area contributed by atoms with Crippen molar-refractivity contribution in [2.24, 2.45) is 5.41 Å². The van der Waals surface area contributed by atoms with Gasteiger partial charge in [-0.3, -0.25) is 0 Å². The molecule has 0 bridgehead atoms. The highest BCUT2D eigenvalue weighted by Crippen LogP contribution is 2.41. The lowest BCUT2D eigenvalue weighted by Gasteiger charge is -2.35. The van der Waals surface area contributed by atoms with Crippen LogP contribution in [0.1, 0.15) is 40.5 Å². The molecule has 0 aromatic rings. The topological polar surface area (TPSA) is 40.5 Å². The van der Waals surface area contributed by atoms with Gasteiger partial charge in [0.2, 0.25) is 0 Å². The molecule has 2 N–H and O–H groups in total. The van der Waals surface area contributed by atoms with Crippen molar-refractivity contribution in [3.8, 4) is 12.3 Å². The zero-order valence-corrected chi connectivity index (χ0v) is 11.1. The van der Waals surface area contributed by atoms with Crippen molar-refractivity contribution < 1.29 is 10.2 Å². The molecule has 0 saturated carbocycles. The first-order valence-electron chi connectivity index (χ1n) is 5.98. The summed E-state index contributed by atoms with van der Waals surface area (Å²) in [4.78, 5) is 0. The Morgan fingerprint density at radius 2 is 2.12 bits per heavy atom. The number of hydrogen-bond donors (Lipinski definition) is 2. The van der Waals surface area contributed by atoms with Gasteiger partial charge in [0.05, 0.1) is 6.10 Å². The maximum atomic E-state index is 9.87. The second-order valence-corrected chi connectivity index (χ2v) is 5.66. The molecule has 2 atom stereocenters. The van der Waals surface area contributed by atoms with Crippen molar-refractivity contribution in [2.45, 2.75) is 52.2 Å². The molecule has 0 amide bonds. The fourth-order valence-corrected chi connectivity index (χ4v) is 2.21. The third-order valence-electron chi connectivity index (χ3n) is 3.56. The minimum atomic E-state index is -1.23. The summed E-state index contributed by atoms with van der Waals surface area (Å²) >= 11 is 0. The van der Waals surface area contributed by atoms with Crippen LogP contribution in [-0.4, -0.2) is 21.9 Å². The van der Waals surface area contributed by atoms with Gasteiger partial charge >= 0.3 is 0 Å². The highest BCUT2D eigenvalue weighted by Gasteiger charge is 2.31. The highest BCUT2D eigenvalue weighted by molar-refractivity contribution is 5.37. The summed E-state index contributed by atoms with van der Waals surface area (Å²) in [6.07, 6.45) is 10.1. The molecule has 0 heterocycles. The summed E-state index contributed by atoms with van der Waals surface area (Å²) in [5, 5.41) is 19.6. The lowest BCUT2D eigenvalue weighted by Crippen LogP contribution is -2.27. The molecule has 0 saturated heterocycles. The minimum absolute atomic E-state index is 0.0183. The lowest BCUT2D eigenvalue weighted by atomic mass is 9.71. The summed E-state index contributed by atoms with van der Waals surface area (Å²) in [6.45, 7) is 7.81. The Morgan fingerprint density at radius 3 is 2.65 bits per heavy atom. The van der Waals surface area contributed by atoms with Gasteiger partial charge in [-0.25, -0.2) is 0 Å². The van der Waals surface area contributed by atoms with Crippen molar-refractivity contribution >= 4 is 0 Å². The quantitative estimate of drug-likeness (QED) is 0.720. The van der Waals surface area contributed by atoms with Gasteiger partial charge in [-0.15, -0.1) is 6.42 Å². The number of hydrogen-bond acceptors (Lipinski definition) is 2. The van der Waals surface area contributed by atoms with Crippen LogP contribution in [0.4, 0.5) is 0 Å². The molecule has 2 nitrogen and oxygen atoms in total. The van der Waals surface area contributed by atoms with E-state index < -0.39 is 5.60 Å². The molecule has 2 heteroatoms. The van der Waals surface area contributed by atoms with Gasteiger partial charge in [0.1, 0.15) is 5.60 Å².